The van der Waals surface area contributed by atoms with Gasteiger partial charge in [0.25, 0.3) is 0 Å². The van der Waals surface area contributed by atoms with Crippen LogP contribution >= 0.6 is 0 Å². The van der Waals surface area contributed by atoms with Crippen molar-refractivity contribution in [2.24, 2.45) is 14.1 Å². The van der Waals surface area contributed by atoms with E-state index in [-0.39, 0.29) is 11.2 Å². The minimum atomic E-state index is -0.369. The Morgan fingerprint density at radius 1 is 1.20 bits per heavy atom. The molecule has 2 rings (SSSR count). The second kappa shape index (κ2) is 7.70. The molecule has 0 atom stereocenters. The zero-order valence-electron chi connectivity index (χ0n) is 15.0. The molecule has 0 fully saturated rings. The minimum Gasteiger partial charge on any atom is -0.389 e. The fourth-order valence-electron chi connectivity index (χ4n) is 2.76. The number of hydrogen-bond donors (Lipinski definition) is 0. The number of hydrogen-bond acceptors (Lipinski definition) is 3. The van der Waals surface area contributed by atoms with Crippen molar-refractivity contribution in [2.75, 3.05) is 18.5 Å². The molecule has 1 aromatic heterocycles. The molecule has 1 aromatic carbocycles. The van der Waals surface area contributed by atoms with E-state index in [0.717, 1.165) is 10.1 Å². The SMILES string of the molecule is C=CCN(Cc1ccccc1)c1c([CH-][N+](=C)C)c(=O)n(C)c(=O)n1C. The van der Waals surface area contributed by atoms with Gasteiger partial charge in [0, 0.05) is 38.6 Å². The third-order valence-corrected chi connectivity index (χ3v) is 3.88. The number of nitrogens with zero attached hydrogens (tertiary/aromatic N) is 4. The third kappa shape index (κ3) is 3.91. The molecule has 0 saturated heterocycles. The lowest BCUT2D eigenvalue weighted by atomic mass is 10.2. The smallest absolute Gasteiger partial charge is 0.315 e. The molecule has 0 aliphatic heterocycles. The average molecular weight is 340 g/mol. The lowest BCUT2D eigenvalue weighted by Gasteiger charge is -2.31. The number of anilines is 1. The zero-order valence-corrected chi connectivity index (χ0v) is 15.0. The molecule has 0 amide bonds. The summed E-state index contributed by atoms with van der Waals surface area (Å²) in [4.78, 5) is 27.1. The Balaban J connectivity index is 2.66. The Bertz CT molecular complexity index is 894. The summed E-state index contributed by atoms with van der Waals surface area (Å²) in [5.41, 5.74) is 0.771. The van der Waals surface area contributed by atoms with Crippen LogP contribution in [0.4, 0.5) is 5.82 Å². The molecule has 0 N–H and O–H groups in total. The van der Waals surface area contributed by atoms with Crippen LogP contribution in [-0.4, -0.2) is 34.0 Å². The van der Waals surface area contributed by atoms with E-state index in [9.17, 15) is 9.59 Å². The highest BCUT2D eigenvalue weighted by Crippen LogP contribution is 2.19. The molecule has 0 radical (unpaired) electrons. The van der Waals surface area contributed by atoms with Crippen LogP contribution in [0.3, 0.4) is 0 Å². The van der Waals surface area contributed by atoms with Gasteiger partial charge in [-0.05, 0) is 5.56 Å². The largest absolute Gasteiger partial charge is 0.389 e. The van der Waals surface area contributed by atoms with Crippen LogP contribution in [0.15, 0.2) is 52.6 Å². The molecule has 0 saturated carbocycles. The van der Waals surface area contributed by atoms with Gasteiger partial charge in [-0.25, -0.2) is 4.79 Å². The van der Waals surface area contributed by atoms with E-state index in [2.05, 4.69) is 13.3 Å². The fourth-order valence-corrected chi connectivity index (χ4v) is 2.76. The van der Waals surface area contributed by atoms with Crippen LogP contribution in [0.5, 0.6) is 0 Å². The quantitative estimate of drug-likeness (QED) is 0.329. The third-order valence-electron chi connectivity index (χ3n) is 3.88. The first kappa shape index (κ1) is 18.3. The maximum atomic E-state index is 12.7. The summed E-state index contributed by atoms with van der Waals surface area (Å²) in [5.74, 6) is 0.548. The summed E-state index contributed by atoms with van der Waals surface area (Å²) in [5, 5.41) is 0. The predicted molar refractivity (Wildman–Crippen MR) is 101 cm³/mol. The van der Waals surface area contributed by atoms with E-state index in [1.54, 1.807) is 31.3 Å². The van der Waals surface area contributed by atoms with Gasteiger partial charge in [-0.15, -0.1) is 6.58 Å². The van der Waals surface area contributed by atoms with Gasteiger partial charge in [0.1, 0.15) is 7.05 Å². The molecule has 0 aliphatic rings. The summed E-state index contributed by atoms with van der Waals surface area (Å²) in [6.07, 6.45) is 1.75. The molecular weight excluding hydrogens is 316 g/mol. The van der Waals surface area contributed by atoms with Gasteiger partial charge in [0.05, 0.1) is 13.3 Å². The van der Waals surface area contributed by atoms with Crippen LogP contribution in [0, 0.1) is 6.54 Å². The first-order valence-electron chi connectivity index (χ1n) is 7.94. The van der Waals surface area contributed by atoms with Crippen molar-refractivity contribution < 1.29 is 4.58 Å². The van der Waals surface area contributed by atoms with Crippen LogP contribution in [0.2, 0.25) is 0 Å². The van der Waals surface area contributed by atoms with Gasteiger partial charge in [-0.3, -0.25) is 4.58 Å². The second-order valence-electron chi connectivity index (χ2n) is 5.98. The van der Waals surface area contributed by atoms with E-state index < -0.39 is 0 Å². The van der Waals surface area contributed by atoms with Crippen LogP contribution in [0.25, 0.3) is 0 Å². The summed E-state index contributed by atoms with van der Waals surface area (Å²) in [7, 11) is 4.88. The monoisotopic (exact) mass is 340 g/mol. The van der Waals surface area contributed by atoms with E-state index >= 15 is 0 Å². The highest BCUT2D eigenvalue weighted by atomic mass is 16.2. The molecule has 0 unspecified atom stereocenters. The summed E-state index contributed by atoms with van der Waals surface area (Å²) < 4.78 is 4.15. The van der Waals surface area contributed by atoms with Crippen molar-refractivity contribution in [1.82, 2.24) is 9.13 Å². The fraction of sp³-hybridized carbons (Fsp3) is 0.263. The topological polar surface area (TPSA) is 50.2 Å². The summed E-state index contributed by atoms with van der Waals surface area (Å²) in [6, 6.07) is 9.88. The normalized spacial score (nSPS) is 10.4. The number of rotatable bonds is 7. The maximum absolute atomic E-state index is 12.7. The lowest BCUT2D eigenvalue weighted by molar-refractivity contribution is -0.438. The summed E-state index contributed by atoms with van der Waals surface area (Å²) >= 11 is 0. The molecule has 0 spiro atoms. The van der Waals surface area contributed by atoms with Gasteiger partial charge in [-0.2, -0.15) is 0 Å². The van der Waals surface area contributed by atoms with Gasteiger partial charge in [0.15, 0.2) is 5.56 Å². The Morgan fingerprint density at radius 3 is 2.40 bits per heavy atom. The maximum Gasteiger partial charge on any atom is 0.315 e. The van der Waals surface area contributed by atoms with Gasteiger partial charge in [-0.1, -0.05) is 36.4 Å². The lowest BCUT2D eigenvalue weighted by Crippen LogP contribution is -2.43. The van der Waals surface area contributed by atoms with Crippen molar-refractivity contribution >= 4 is 12.5 Å². The van der Waals surface area contributed by atoms with Crippen molar-refractivity contribution in [3.05, 3.63) is 81.5 Å². The standard InChI is InChI=1S/C19H24N4O2/c1-6-12-23(13-15-10-8-7-9-11-15)17-16(14-20(2)3)18(24)22(5)19(25)21(17)4/h6-11,14H,1-2,12-13H2,3-5H3. The van der Waals surface area contributed by atoms with Crippen molar-refractivity contribution in [3.63, 3.8) is 0 Å². The highest BCUT2D eigenvalue weighted by molar-refractivity contribution is 5.51. The van der Waals surface area contributed by atoms with E-state index in [0.29, 0.717) is 24.5 Å². The molecule has 132 valence electrons. The van der Waals surface area contributed by atoms with Crippen molar-refractivity contribution in [1.29, 1.82) is 0 Å². The van der Waals surface area contributed by atoms with Crippen molar-refractivity contribution in [3.8, 4) is 0 Å². The van der Waals surface area contributed by atoms with Gasteiger partial charge in [0.2, 0.25) is 0 Å². The molecule has 0 aliphatic carbocycles. The zero-order chi connectivity index (χ0) is 18.6. The van der Waals surface area contributed by atoms with Crippen molar-refractivity contribution in [2.45, 2.75) is 6.54 Å². The minimum absolute atomic E-state index is 0.351. The molecule has 1 heterocycles. The van der Waals surface area contributed by atoms with Crippen LogP contribution < -0.4 is 16.1 Å². The molecule has 25 heavy (non-hydrogen) atoms. The first-order chi connectivity index (χ1) is 11.9. The number of aromatic nitrogens is 2. The molecule has 2 aromatic rings. The summed E-state index contributed by atoms with van der Waals surface area (Å²) in [6.45, 7) is 10.3. The molecule has 6 nitrogen and oxygen atoms in total. The Kier molecular flexibility index (Phi) is 5.64. The van der Waals surface area contributed by atoms with E-state index in [1.807, 2.05) is 35.2 Å². The Morgan fingerprint density at radius 2 is 1.84 bits per heavy atom. The molecular formula is C19H24N4O2. The molecule has 6 heteroatoms. The van der Waals surface area contributed by atoms with E-state index in [1.165, 1.54) is 11.6 Å². The van der Waals surface area contributed by atoms with E-state index in [4.69, 9.17) is 0 Å². The van der Waals surface area contributed by atoms with Gasteiger partial charge < -0.3 is 18.8 Å². The van der Waals surface area contributed by atoms with Crippen LogP contribution in [-0.2, 0) is 20.6 Å². The first-order valence-corrected chi connectivity index (χ1v) is 7.94. The highest BCUT2D eigenvalue weighted by Gasteiger charge is 2.17. The number of benzene rings is 1. The van der Waals surface area contributed by atoms with Crippen LogP contribution in [0.1, 0.15) is 11.1 Å². The average Bonchev–Trinajstić information content (AvgIpc) is 2.58. The Hall–Kier alpha value is -3.02. The molecule has 0 bridgehead atoms. The Labute approximate surface area is 147 Å². The second-order valence-corrected chi connectivity index (χ2v) is 5.98. The van der Waals surface area contributed by atoms with Gasteiger partial charge >= 0.3 is 5.69 Å². The predicted octanol–water partition coefficient (Wildman–Crippen LogP) is 1.13.